The topological polar surface area (TPSA) is 64.0 Å². The van der Waals surface area contributed by atoms with E-state index in [9.17, 15) is 0 Å². The quantitative estimate of drug-likeness (QED) is 0.593. The number of nitrogens with zero attached hydrogens (tertiary/aromatic N) is 2. The van der Waals surface area contributed by atoms with E-state index in [-0.39, 0.29) is 0 Å². The van der Waals surface area contributed by atoms with Gasteiger partial charge in [-0.15, -0.1) is 0 Å². The predicted octanol–water partition coefficient (Wildman–Crippen LogP) is 4.53. The van der Waals surface area contributed by atoms with Gasteiger partial charge in [0.2, 0.25) is 0 Å². The van der Waals surface area contributed by atoms with E-state index in [0.29, 0.717) is 17.5 Å². The van der Waals surface area contributed by atoms with Crippen molar-refractivity contribution in [3.05, 3.63) is 72.5 Å². The Bertz CT molecular complexity index is 909. The van der Waals surface area contributed by atoms with Crippen molar-refractivity contribution in [1.82, 2.24) is 15.2 Å². The molecule has 0 radical (unpaired) electrons. The van der Waals surface area contributed by atoms with Crippen LogP contribution < -0.4 is 10.6 Å². The fourth-order valence-corrected chi connectivity index (χ4v) is 3.05. The standard InChI is InChI=1S/C23H29N5/c1-15-9-10-18(12-22(15)23(24)16(2)26-20-7-6-8-20)19-11-21(14-25-13-19)27-17(3)28(4)5/h9-14,20,24,26-27H,2-3,6-8H2,1,4-5H3. The molecule has 0 atom stereocenters. The van der Waals surface area contributed by atoms with Crippen molar-refractivity contribution in [2.24, 2.45) is 0 Å². The van der Waals surface area contributed by atoms with Gasteiger partial charge in [-0.1, -0.05) is 25.3 Å². The van der Waals surface area contributed by atoms with Crippen LogP contribution in [0.2, 0.25) is 0 Å². The van der Waals surface area contributed by atoms with Crippen molar-refractivity contribution >= 4 is 11.4 Å². The van der Waals surface area contributed by atoms with Crippen LogP contribution >= 0.6 is 0 Å². The molecule has 1 aliphatic carbocycles. The van der Waals surface area contributed by atoms with Crippen LogP contribution in [-0.4, -0.2) is 35.7 Å². The zero-order valence-corrected chi connectivity index (χ0v) is 17.0. The third-order valence-corrected chi connectivity index (χ3v) is 5.19. The molecule has 1 heterocycles. The maximum atomic E-state index is 8.60. The van der Waals surface area contributed by atoms with Crippen LogP contribution in [0.4, 0.5) is 5.69 Å². The molecule has 0 spiro atoms. The Morgan fingerprint density at radius 1 is 1.14 bits per heavy atom. The number of hydrogen-bond donors (Lipinski definition) is 3. The molecule has 0 unspecified atom stereocenters. The van der Waals surface area contributed by atoms with Crippen LogP contribution in [-0.2, 0) is 0 Å². The van der Waals surface area contributed by atoms with E-state index in [1.165, 1.54) is 6.42 Å². The second-order valence-corrected chi connectivity index (χ2v) is 7.58. The highest BCUT2D eigenvalue weighted by Gasteiger charge is 2.19. The summed E-state index contributed by atoms with van der Waals surface area (Å²) in [5.41, 5.74) is 6.00. The number of aromatic nitrogens is 1. The van der Waals surface area contributed by atoms with Gasteiger partial charge in [-0.2, -0.15) is 0 Å². The minimum Gasteiger partial charge on any atom is -0.381 e. The Kier molecular flexibility index (Phi) is 5.83. The first-order chi connectivity index (χ1) is 13.3. The average molecular weight is 376 g/mol. The molecule has 1 fully saturated rings. The zero-order chi connectivity index (χ0) is 20.3. The molecule has 1 saturated carbocycles. The number of rotatable bonds is 8. The summed E-state index contributed by atoms with van der Waals surface area (Å²) in [6, 6.07) is 8.67. The van der Waals surface area contributed by atoms with Crippen molar-refractivity contribution in [2.75, 3.05) is 19.4 Å². The van der Waals surface area contributed by atoms with E-state index in [1.54, 1.807) is 6.20 Å². The molecule has 5 nitrogen and oxygen atoms in total. The lowest BCUT2D eigenvalue weighted by molar-refractivity contribution is 0.369. The summed E-state index contributed by atoms with van der Waals surface area (Å²) in [6.07, 6.45) is 7.19. The van der Waals surface area contributed by atoms with Crippen LogP contribution in [0.1, 0.15) is 30.4 Å². The Labute approximate surface area is 167 Å². The van der Waals surface area contributed by atoms with Crippen LogP contribution in [0.3, 0.4) is 0 Å². The highest BCUT2D eigenvalue weighted by Crippen LogP contribution is 2.26. The summed E-state index contributed by atoms with van der Waals surface area (Å²) >= 11 is 0. The molecule has 0 aliphatic heterocycles. The molecule has 1 aromatic carbocycles. The number of anilines is 1. The lowest BCUT2D eigenvalue weighted by Crippen LogP contribution is -2.36. The Balaban J connectivity index is 1.83. The van der Waals surface area contributed by atoms with Crippen LogP contribution in [0.5, 0.6) is 0 Å². The molecule has 146 valence electrons. The van der Waals surface area contributed by atoms with Crippen molar-refractivity contribution < 1.29 is 0 Å². The fourth-order valence-electron chi connectivity index (χ4n) is 3.05. The van der Waals surface area contributed by atoms with Gasteiger partial charge in [0.05, 0.1) is 29.1 Å². The summed E-state index contributed by atoms with van der Waals surface area (Å²) in [7, 11) is 3.88. The molecule has 5 heteroatoms. The highest BCUT2D eigenvalue weighted by atomic mass is 15.2. The number of benzene rings is 1. The zero-order valence-electron chi connectivity index (χ0n) is 17.0. The van der Waals surface area contributed by atoms with Crippen LogP contribution in [0.25, 0.3) is 11.1 Å². The van der Waals surface area contributed by atoms with Crippen molar-refractivity contribution in [2.45, 2.75) is 32.2 Å². The molecule has 3 rings (SSSR count). The van der Waals surface area contributed by atoms with E-state index < -0.39 is 0 Å². The van der Waals surface area contributed by atoms with Crippen molar-refractivity contribution in [3.8, 4) is 11.1 Å². The number of hydrogen-bond acceptors (Lipinski definition) is 5. The Morgan fingerprint density at radius 2 is 1.89 bits per heavy atom. The van der Waals surface area contributed by atoms with Crippen molar-refractivity contribution in [3.63, 3.8) is 0 Å². The molecule has 3 N–H and O–H groups in total. The van der Waals surface area contributed by atoms with Gasteiger partial charge in [-0.25, -0.2) is 0 Å². The number of pyridine rings is 1. The predicted molar refractivity (Wildman–Crippen MR) is 118 cm³/mol. The number of aryl methyl sites for hydroxylation is 1. The largest absolute Gasteiger partial charge is 0.381 e. The molecular formula is C23H29N5. The van der Waals surface area contributed by atoms with E-state index >= 15 is 0 Å². The van der Waals surface area contributed by atoms with Gasteiger partial charge in [-0.05, 0) is 49.4 Å². The SMILES string of the molecule is C=C(NC1CCC1)C(=N)c1cc(-c2cncc(NC(=C)N(C)C)c2)ccc1C. The molecule has 0 bridgehead atoms. The summed E-state index contributed by atoms with van der Waals surface area (Å²) in [5.74, 6) is 0.795. The third-order valence-electron chi connectivity index (χ3n) is 5.19. The number of allylic oxidation sites excluding steroid dienone is 1. The summed E-state index contributed by atoms with van der Waals surface area (Å²) in [5, 5.41) is 15.2. The second kappa shape index (κ2) is 8.30. The third kappa shape index (κ3) is 4.42. The molecule has 0 amide bonds. The maximum absolute atomic E-state index is 8.60. The monoisotopic (exact) mass is 375 g/mol. The number of nitrogens with one attached hydrogen (secondary N) is 3. The summed E-state index contributed by atoms with van der Waals surface area (Å²) in [6.45, 7) is 10.1. The van der Waals surface area contributed by atoms with Crippen LogP contribution in [0.15, 0.2) is 61.3 Å². The van der Waals surface area contributed by atoms with Gasteiger partial charge in [0.15, 0.2) is 0 Å². The second-order valence-electron chi connectivity index (χ2n) is 7.58. The summed E-state index contributed by atoms with van der Waals surface area (Å²) in [4.78, 5) is 6.27. The van der Waals surface area contributed by atoms with Crippen LogP contribution in [0, 0.1) is 12.3 Å². The van der Waals surface area contributed by atoms with Gasteiger partial charge < -0.3 is 15.5 Å². The lowest BCUT2D eigenvalue weighted by Gasteiger charge is -2.28. The molecule has 1 aliphatic rings. The minimum atomic E-state index is 0.453. The van der Waals surface area contributed by atoms with Gasteiger partial charge in [0.1, 0.15) is 0 Å². The first-order valence-corrected chi connectivity index (χ1v) is 9.59. The maximum Gasteiger partial charge on any atom is 0.0978 e. The molecular weight excluding hydrogens is 346 g/mol. The average Bonchev–Trinajstić information content (AvgIpc) is 2.64. The first-order valence-electron chi connectivity index (χ1n) is 9.59. The molecule has 2 aromatic rings. The van der Waals surface area contributed by atoms with Gasteiger partial charge in [0.25, 0.3) is 0 Å². The van der Waals surface area contributed by atoms with E-state index in [2.05, 4.69) is 40.9 Å². The summed E-state index contributed by atoms with van der Waals surface area (Å²) < 4.78 is 0. The van der Waals surface area contributed by atoms with Gasteiger partial charge >= 0.3 is 0 Å². The Morgan fingerprint density at radius 3 is 2.54 bits per heavy atom. The smallest absolute Gasteiger partial charge is 0.0978 e. The minimum absolute atomic E-state index is 0.453. The van der Waals surface area contributed by atoms with Gasteiger partial charge in [0, 0.05) is 37.5 Å². The van der Waals surface area contributed by atoms with Crippen molar-refractivity contribution in [1.29, 1.82) is 5.41 Å². The molecule has 0 saturated heterocycles. The van der Waals surface area contributed by atoms with E-state index in [0.717, 1.165) is 46.6 Å². The lowest BCUT2D eigenvalue weighted by atomic mass is 9.91. The normalized spacial score (nSPS) is 13.4. The molecule has 1 aromatic heterocycles. The highest BCUT2D eigenvalue weighted by molar-refractivity contribution is 6.11. The molecule has 28 heavy (non-hydrogen) atoms. The van der Waals surface area contributed by atoms with E-state index in [4.69, 9.17) is 5.41 Å². The first kappa shape index (κ1) is 19.7. The fraction of sp³-hybridized carbons (Fsp3) is 0.304. The van der Waals surface area contributed by atoms with E-state index in [1.807, 2.05) is 44.2 Å². The van der Waals surface area contributed by atoms with Gasteiger partial charge in [-0.3, -0.25) is 10.4 Å². The Hall–Kier alpha value is -3.08.